The molecule has 0 radical (unpaired) electrons. The maximum Gasteiger partial charge on any atom is 0.111 e. The van der Waals surface area contributed by atoms with Gasteiger partial charge in [-0.3, -0.25) is 4.90 Å². The molecule has 112 valence electrons. The van der Waals surface area contributed by atoms with Crippen LogP contribution in [0.1, 0.15) is 58.1 Å². The summed E-state index contributed by atoms with van der Waals surface area (Å²) in [5.74, 6) is 0.740. The maximum atomic E-state index is 6.35. The molecule has 0 aromatic heterocycles. The van der Waals surface area contributed by atoms with Crippen LogP contribution in [0, 0.1) is 5.92 Å². The summed E-state index contributed by atoms with van der Waals surface area (Å²) in [5.41, 5.74) is 1.30. The standard InChI is InChI=1S/C18H29NO/c1-5-6-10-14(2)13-17-19(4)15(3)18(20-17)16-11-8-7-9-12-16/h7-9,11-12,14-15,17-18H,5-6,10,13H2,1-4H3/t14-,15+,17+,18+/m1/s1. The van der Waals surface area contributed by atoms with Crippen molar-refractivity contribution in [2.75, 3.05) is 7.05 Å². The molecule has 1 aromatic rings. The summed E-state index contributed by atoms with van der Waals surface area (Å²) in [4.78, 5) is 2.40. The van der Waals surface area contributed by atoms with Gasteiger partial charge < -0.3 is 4.74 Å². The van der Waals surface area contributed by atoms with Crippen LogP contribution in [0.2, 0.25) is 0 Å². The van der Waals surface area contributed by atoms with Crippen LogP contribution in [0.3, 0.4) is 0 Å². The van der Waals surface area contributed by atoms with Crippen LogP contribution in [0.5, 0.6) is 0 Å². The first-order valence-electron chi connectivity index (χ1n) is 8.05. The van der Waals surface area contributed by atoms with Gasteiger partial charge >= 0.3 is 0 Å². The molecule has 0 saturated carbocycles. The summed E-state index contributed by atoms with van der Waals surface area (Å²) >= 11 is 0. The fraction of sp³-hybridized carbons (Fsp3) is 0.667. The van der Waals surface area contributed by atoms with Crippen molar-refractivity contribution >= 4 is 0 Å². The van der Waals surface area contributed by atoms with Gasteiger partial charge in [0.2, 0.25) is 0 Å². The minimum Gasteiger partial charge on any atom is -0.354 e. The van der Waals surface area contributed by atoms with E-state index in [4.69, 9.17) is 4.74 Å². The van der Waals surface area contributed by atoms with Gasteiger partial charge in [-0.25, -0.2) is 0 Å². The van der Waals surface area contributed by atoms with E-state index in [-0.39, 0.29) is 12.3 Å². The predicted molar refractivity (Wildman–Crippen MR) is 84.6 cm³/mol. The fourth-order valence-electron chi connectivity index (χ4n) is 3.09. The zero-order valence-electron chi connectivity index (χ0n) is 13.4. The number of rotatable bonds is 6. The van der Waals surface area contributed by atoms with Crippen LogP contribution in [0.4, 0.5) is 0 Å². The van der Waals surface area contributed by atoms with Crippen molar-refractivity contribution in [3.8, 4) is 0 Å². The Labute approximate surface area is 124 Å². The Morgan fingerprint density at radius 2 is 1.95 bits per heavy atom. The Hall–Kier alpha value is -0.860. The topological polar surface area (TPSA) is 12.5 Å². The lowest BCUT2D eigenvalue weighted by molar-refractivity contribution is -0.00804. The molecule has 0 N–H and O–H groups in total. The molecule has 1 aromatic carbocycles. The third-order valence-corrected chi connectivity index (χ3v) is 4.62. The zero-order valence-corrected chi connectivity index (χ0v) is 13.4. The van der Waals surface area contributed by atoms with E-state index in [1.54, 1.807) is 0 Å². The molecule has 1 fully saturated rings. The first-order chi connectivity index (χ1) is 9.63. The van der Waals surface area contributed by atoms with Gasteiger partial charge in [0.05, 0.1) is 6.10 Å². The lowest BCUT2D eigenvalue weighted by atomic mass is 9.99. The maximum absolute atomic E-state index is 6.35. The third-order valence-electron chi connectivity index (χ3n) is 4.62. The van der Waals surface area contributed by atoms with Crippen molar-refractivity contribution in [1.82, 2.24) is 4.90 Å². The molecule has 1 saturated heterocycles. The second kappa shape index (κ2) is 7.24. The Morgan fingerprint density at radius 3 is 2.60 bits per heavy atom. The summed E-state index contributed by atoms with van der Waals surface area (Å²) in [6.45, 7) is 6.89. The lowest BCUT2D eigenvalue weighted by Gasteiger charge is -2.23. The molecule has 0 aliphatic carbocycles. The fourth-order valence-corrected chi connectivity index (χ4v) is 3.09. The third kappa shape index (κ3) is 3.62. The van der Waals surface area contributed by atoms with Gasteiger partial charge in [0, 0.05) is 6.04 Å². The van der Waals surface area contributed by atoms with E-state index in [0.717, 1.165) is 12.3 Å². The molecular weight excluding hydrogens is 246 g/mol. The molecule has 0 spiro atoms. The lowest BCUT2D eigenvalue weighted by Crippen LogP contribution is -2.32. The molecule has 20 heavy (non-hydrogen) atoms. The molecule has 1 aliphatic rings. The van der Waals surface area contributed by atoms with Gasteiger partial charge in [-0.1, -0.05) is 63.4 Å². The van der Waals surface area contributed by atoms with Crippen LogP contribution >= 0.6 is 0 Å². The number of nitrogens with zero attached hydrogens (tertiary/aromatic N) is 1. The monoisotopic (exact) mass is 275 g/mol. The number of ether oxygens (including phenoxy) is 1. The summed E-state index contributed by atoms with van der Waals surface area (Å²) < 4.78 is 6.35. The summed E-state index contributed by atoms with van der Waals surface area (Å²) in [6, 6.07) is 11.1. The first kappa shape index (κ1) is 15.5. The second-order valence-electron chi connectivity index (χ2n) is 6.31. The van der Waals surface area contributed by atoms with Crippen molar-refractivity contribution < 1.29 is 4.74 Å². The summed E-state index contributed by atoms with van der Waals surface area (Å²) in [5, 5.41) is 0. The average molecular weight is 275 g/mol. The highest BCUT2D eigenvalue weighted by molar-refractivity contribution is 5.20. The zero-order chi connectivity index (χ0) is 14.5. The SMILES string of the molecule is CCCC[C@@H](C)C[C@@H]1O[C@H](c2ccccc2)[C@H](C)N1C. The average Bonchev–Trinajstić information content (AvgIpc) is 2.74. The normalized spacial score (nSPS) is 28.7. The molecule has 0 unspecified atom stereocenters. The Balaban J connectivity index is 1.96. The molecule has 1 aliphatic heterocycles. The quantitative estimate of drug-likeness (QED) is 0.751. The molecule has 0 bridgehead atoms. The highest BCUT2D eigenvalue weighted by atomic mass is 16.5. The van der Waals surface area contributed by atoms with Gasteiger partial charge in [-0.2, -0.15) is 0 Å². The summed E-state index contributed by atoms with van der Waals surface area (Å²) in [7, 11) is 2.20. The van der Waals surface area contributed by atoms with Crippen molar-refractivity contribution in [1.29, 1.82) is 0 Å². The van der Waals surface area contributed by atoms with Gasteiger partial charge in [0.25, 0.3) is 0 Å². The van der Waals surface area contributed by atoms with Gasteiger partial charge in [0.15, 0.2) is 0 Å². The Bertz CT molecular complexity index is 392. The van der Waals surface area contributed by atoms with Crippen LogP contribution in [-0.2, 0) is 4.74 Å². The molecule has 0 amide bonds. The van der Waals surface area contributed by atoms with Crippen LogP contribution < -0.4 is 0 Å². The molecule has 1 heterocycles. The number of hydrogen-bond acceptors (Lipinski definition) is 2. The van der Waals surface area contributed by atoms with Gasteiger partial charge in [-0.15, -0.1) is 0 Å². The predicted octanol–water partition coefficient (Wildman–Crippen LogP) is 4.62. The van der Waals surface area contributed by atoms with E-state index in [1.807, 2.05) is 0 Å². The van der Waals surface area contributed by atoms with E-state index in [0.29, 0.717) is 6.04 Å². The molecular formula is C18H29NO. The van der Waals surface area contributed by atoms with Crippen molar-refractivity contribution in [2.24, 2.45) is 5.92 Å². The minimum absolute atomic E-state index is 0.213. The second-order valence-corrected chi connectivity index (χ2v) is 6.31. The highest BCUT2D eigenvalue weighted by Gasteiger charge is 2.38. The largest absolute Gasteiger partial charge is 0.354 e. The van der Waals surface area contributed by atoms with E-state index in [1.165, 1.54) is 24.8 Å². The smallest absolute Gasteiger partial charge is 0.111 e. The molecule has 2 heteroatoms. The number of unbranched alkanes of at least 4 members (excludes halogenated alkanes) is 1. The van der Waals surface area contributed by atoms with E-state index >= 15 is 0 Å². The van der Waals surface area contributed by atoms with Gasteiger partial charge in [0.1, 0.15) is 6.23 Å². The van der Waals surface area contributed by atoms with Crippen LogP contribution in [-0.4, -0.2) is 24.2 Å². The first-order valence-corrected chi connectivity index (χ1v) is 8.05. The van der Waals surface area contributed by atoms with Crippen LogP contribution in [0.15, 0.2) is 30.3 Å². The van der Waals surface area contributed by atoms with Crippen LogP contribution in [0.25, 0.3) is 0 Å². The van der Waals surface area contributed by atoms with Gasteiger partial charge in [-0.05, 0) is 31.9 Å². The molecule has 2 rings (SSSR count). The Morgan fingerprint density at radius 1 is 1.25 bits per heavy atom. The number of likely N-dealkylation sites (N-methyl/N-ethyl adjacent to an activating group) is 1. The van der Waals surface area contributed by atoms with Crippen molar-refractivity contribution in [3.63, 3.8) is 0 Å². The number of benzene rings is 1. The molecule has 4 atom stereocenters. The van der Waals surface area contributed by atoms with Crippen molar-refractivity contribution in [2.45, 2.75) is 64.8 Å². The molecule has 2 nitrogen and oxygen atoms in total. The highest BCUT2D eigenvalue weighted by Crippen LogP contribution is 2.36. The Kier molecular flexibility index (Phi) is 5.62. The number of hydrogen-bond donors (Lipinski definition) is 0. The van der Waals surface area contributed by atoms with E-state index in [9.17, 15) is 0 Å². The van der Waals surface area contributed by atoms with Crippen molar-refractivity contribution in [3.05, 3.63) is 35.9 Å². The van der Waals surface area contributed by atoms with E-state index < -0.39 is 0 Å². The minimum atomic E-state index is 0.213. The van der Waals surface area contributed by atoms with E-state index in [2.05, 4.69) is 63.1 Å². The summed E-state index contributed by atoms with van der Waals surface area (Å²) in [6.07, 6.45) is 5.55.